The molecule has 4 fully saturated rings. The summed E-state index contributed by atoms with van der Waals surface area (Å²) in [6.45, 7) is 14.0. The standard InChI is InChI=1S/C32H52O3/c1-21(9-12-32(35)17-13-28(2,3)14-18-32)23-7-8-24-27-25(10-11-31(23,24)6)30(5)16-15-29(4,34)20-22(30)19-26(27)33/h19,21,23-25,27,34-35H,7-18,20H2,1-6H3/t21-,23-,24+,25+,27+,29+,30+,31-/m1/s1. The highest BCUT2D eigenvalue weighted by molar-refractivity contribution is 5.94. The molecule has 0 radical (unpaired) electrons. The van der Waals surface area contributed by atoms with Crippen LogP contribution in [0.25, 0.3) is 0 Å². The normalized spacial score (nSPS) is 47.3. The highest BCUT2D eigenvalue weighted by Crippen LogP contribution is 2.67. The number of carbonyl (C=O) groups excluding carboxylic acids is 1. The van der Waals surface area contributed by atoms with Crippen molar-refractivity contribution in [1.82, 2.24) is 0 Å². The Balaban J connectivity index is 1.30. The summed E-state index contributed by atoms with van der Waals surface area (Å²) >= 11 is 0. The second-order valence-corrected chi connectivity index (χ2v) is 15.5. The quantitative estimate of drug-likeness (QED) is 0.442. The van der Waals surface area contributed by atoms with E-state index in [1.54, 1.807) is 0 Å². The van der Waals surface area contributed by atoms with Crippen molar-refractivity contribution >= 4 is 5.78 Å². The summed E-state index contributed by atoms with van der Waals surface area (Å²) in [6.07, 6.45) is 15.6. The zero-order chi connectivity index (χ0) is 25.4. The lowest BCUT2D eigenvalue weighted by Gasteiger charge is -2.58. The molecule has 8 atom stereocenters. The Morgan fingerprint density at radius 1 is 0.886 bits per heavy atom. The van der Waals surface area contributed by atoms with Crippen molar-refractivity contribution in [3.05, 3.63) is 11.6 Å². The number of hydrogen-bond donors (Lipinski definition) is 2. The van der Waals surface area contributed by atoms with Gasteiger partial charge >= 0.3 is 0 Å². The summed E-state index contributed by atoms with van der Waals surface area (Å²) in [5, 5.41) is 22.0. The van der Waals surface area contributed by atoms with Crippen LogP contribution >= 0.6 is 0 Å². The molecule has 198 valence electrons. The predicted molar refractivity (Wildman–Crippen MR) is 142 cm³/mol. The summed E-state index contributed by atoms with van der Waals surface area (Å²) in [7, 11) is 0. The molecule has 0 saturated heterocycles. The van der Waals surface area contributed by atoms with Gasteiger partial charge in [0.2, 0.25) is 0 Å². The molecule has 0 aromatic heterocycles. The Bertz CT molecular complexity index is 873. The van der Waals surface area contributed by atoms with Crippen LogP contribution in [-0.2, 0) is 4.79 Å². The maximum absolute atomic E-state index is 13.6. The van der Waals surface area contributed by atoms with E-state index in [0.29, 0.717) is 41.3 Å². The fourth-order valence-electron chi connectivity index (χ4n) is 9.86. The van der Waals surface area contributed by atoms with E-state index in [2.05, 4.69) is 34.6 Å². The molecular formula is C32H52O3. The zero-order valence-electron chi connectivity index (χ0n) is 23.5. The van der Waals surface area contributed by atoms with Crippen molar-refractivity contribution in [1.29, 1.82) is 0 Å². The Labute approximate surface area is 214 Å². The summed E-state index contributed by atoms with van der Waals surface area (Å²) in [5.41, 5.74) is 0.828. The first-order chi connectivity index (χ1) is 16.2. The lowest BCUT2D eigenvalue weighted by Crippen LogP contribution is -2.54. The van der Waals surface area contributed by atoms with Gasteiger partial charge < -0.3 is 10.2 Å². The van der Waals surface area contributed by atoms with Gasteiger partial charge in [0.05, 0.1) is 11.2 Å². The van der Waals surface area contributed by atoms with E-state index in [9.17, 15) is 15.0 Å². The highest BCUT2D eigenvalue weighted by Gasteiger charge is 2.61. The number of ketones is 1. The minimum absolute atomic E-state index is 0.0872. The van der Waals surface area contributed by atoms with Crippen molar-refractivity contribution in [2.45, 2.75) is 136 Å². The van der Waals surface area contributed by atoms with Gasteiger partial charge in [0.25, 0.3) is 0 Å². The van der Waals surface area contributed by atoms with Crippen LogP contribution in [0, 0.1) is 45.8 Å². The number of fused-ring (bicyclic) bond motifs is 5. The van der Waals surface area contributed by atoms with Crippen molar-refractivity contribution < 1.29 is 15.0 Å². The zero-order valence-corrected chi connectivity index (χ0v) is 23.5. The summed E-state index contributed by atoms with van der Waals surface area (Å²) in [4.78, 5) is 13.6. The number of aliphatic hydroxyl groups is 2. The maximum atomic E-state index is 13.6. The molecular weight excluding hydrogens is 432 g/mol. The van der Waals surface area contributed by atoms with Gasteiger partial charge in [-0.25, -0.2) is 0 Å². The molecule has 3 nitrogen and oxygen atoms in total. The fourth-order valence-corrected chi connectivity index (χ4v) is 9.86. The third kappa shape index (κ3) is 4.39. The van der Waals surface area contributed by atoms with Crippen molar-refractivity contribution in [3.8, 4) is 0 Å². The summed E-state index contributed by atoms with van der Waals surface area (Å²) < 4.78 is 0. The third-order valence-corrected chi connectivity index (χ3v) is 12.6. The van der Waals surface area contributed by atoms with E-state index in [4.69, 9.17) is 0 Å². The minimum Gasteiger partial charge on any atom is -0.390 e. The smallest absolute Gasteiger partial charge is 0.159 e. The minimum atomic E-state index is -0.659. The molecule has 0 spiro atoms. The Kier molecular flexibility index (Phi) is 6.24. The first-order valence-corrected chi connectivity index (χ1v) is 14.9. The van der Waals surface area contributed by atoms with Crippen LogP contribution in [0.1, 0.15) is 125 Å². The monoisotopic (exact) mass is 484 g/mol. The third-order valence-electron chi connectivity index (χ3n) is 12.6. The van der Waals surface area contributed by atoms with Gasteiger partial charge in [-0.15, -0.1) is 0 Å². The van der Waals surface area contributed by atoms with E-state index in [0.717, 1.165) is 57.8 Å². The van der Waals surface area contributed by atoms with E-state index >= 15 is 0 Å². The fraction of sp³-hybridized carbons (Fsp3) is 0.906. The average Bonchev–Trinajstić information content (AvgIpc) is 3.13. The predicted octanol–water partition coefficient (Wildman–Crippen LogP) is 7.24. The second-order valence-electron chi connectivity index (χ2n) is 15.5. The van der Waals surface area contributed by atoms with Crippen molar-refractivity contribution in [2.24, 2.45) is 45.8 Å². The number of allylic oxidation sites excluding steroid dienone is 1. The maximum Gasteiger partial charge on any atom is 0.159 e. The molecule has 3 heteroatoms. The molecule has 4 saturated carbocycles. The van der Waals surface area contributed by atoms with Crippen LogP contribution in [-0.4, -0.2) is 27.2 Å². The summed E-state index contributed by atoms with van der Waals surface area (Å²) in [5.74, 6) is 2.75. The van der Waals surface area contributed by atoms with E-state index in [1.165, 1.54) is 24.8 Å². The van der Waals surface area contributed by atoms with Crippen LogP contribution in [0.5, 0.6) is 0 Å². The molecule has 0 bridgehead atoms. The second kappa shape index (κ2) is 8.42. The van der Waals surface area contributed by atoms with Gasteiger partial charge in [-0.1, -0.05) is 40.2 Å². The van der Waals surface area contributed by atoms with Gasteiger partial charge in [-0.2, -0.15) is 0 Å². The topological polar surface area (TPSA) is 57.5 Å². The molecule has 0 unspecified atom stereocenters. The van der Waals surface area contributed by atoms with Crippen LogP contribution in [0.15, 0.2) is 11.6 Å². The van der Waals surface area contributed by atoms with Crippen LogP contribution in [0.2, 0.25) is 0 Å². The van der Waals surface area contributed by atoms with E-state index < -0.39 is 11.2 Å². The highest BCUT2D eigenvalue weighted by atomic mass is 16.3. The first kappa shape index (κ1) is 26.0. The molecule has 5 rings (SSSR count). The Hall–Kier alpha value is -0.670. The Morgan fingerprint density at radius 2 is 1.57 bits per heavy atom. The van der Waals surface area contributed by atoms with Crippen LogP contribution in [0.4, 0.5) is 0 Å². The molecule has 2 N–H and O–H groups in total. The molecule has 0 amide bonds. The van der Waals surface area contributed by atoms with E-state index in [-0.39, 0.29) is 16.7 Å². The van der Waals surface area contributed by atoms with Crippen molar-refractivity contribution in [3.63, 3.8) is 0 Å². The molecule has 5 aliphatic carbocycles. The molecule has 0 aromatic rings. The van der Waals surface area contributed by atoms with Crippen molar-refractivity contribution in [2.75, 3.05) is 0 Å². The van der Waals surface area contributed by atoms with Gasteiger partial charge in [-0.3, -0.25) is 4.79 Å². The van der Waals surface area contributed by atoms with Gasteiger partial charge in [0, 0.05) is 5.92 Å². The van der Waals surface area contributed by atoms with E-state index in [1.807, 2.05) is 13.0 Å². The number of hydrogen-bond acceptors (Lipinski definition) is 3. The number of rotatable bonds is 4. The number of carbonyl (C=O) groups is 1. The lowest BCUT2D eigenvalue weighted by molar-refractivity contribution is -0.136. The Morgan fingerprint density at radius 3 is 2.26 bits per heavy atom. The molecule has 35 heavy (non-hydrogen) atoms. The van der Waals surface area contributed by atoms with Crippen LogP contribution in [0.3, 0.4) is 0 Å². The molecule has 0 aliphatic heterocycles. The average molecular weight is 485 g/mol. The van der Waals surface area contributed by atoms with Gasteiger partial charge in [0.1, 0.15) is 0 Å². The largest absolute Gasteiger partial charge is 0.390 e. The summed E-state index contributed by atoms with van der Waals surface area (Å²) in [6, 6.07) is 0. The molecule has 0 aromatic carbocycles. The SMILES string of the molecule is C[C@H](CCC1(O)CCC(C)(C)CC1)[C@H]1CC[C@H]2[C@@H]3C(=O)C=C4C[C@@](C)(O)CC[C@]4(C)[C@H]3CC[C@]12C. The first-order valence-electron chi connectivity index (χ1n) is 14.9. The molecule has 5 aliphatic rings. The van der Waals surface area contributed by atoms with Crippen LogP contribution < -0.4 is 0 Å². The lowest BCUT2D eigenvalue weighted by atomic mass is 9.46. The van der Waals surface area contributed by atoms with Gasteiger partial charge in [0.15, 0.2) is 5.78 Å². The molecule has 0 heterocycles. The van der Waals surface area contributed by atoms with Gasteiger partial charge in [-0.05, 0) is 136 Å².